The molecular weight excluding hydrogens is 236 g/mol. The van der Waals surface area contributed by atoms with Crippen LogP contribution in [0.5, 0.6) is 0 Å². The molecule has 0 spiro atoms. The average molecular weight is 254 g/mol. The minimum atomic E-state index is -0.270. The van der Waals surface area contributed by atoms with Gasteiger partial charge in [0, 0.05) is 0 Å². The molecule has 0 saturated heterocycles. The Morgan fingerprint density at radius 2 is 1.68 bits per heavy atom. The maximum atomic E-state index is 11.7. The van der Waals surface area contributed by atoms with Gasteiger partial charge >= 0.3 is 5.97 Å². The van der Waals surface area contributed by atoms with Crippen molar-refractivity contribution in [3.05, 3.63) is 59.2 Å². The molecule has 2 rings (SSSR count). The van der Waals surface area contributed by atoms with E-state index in [9.17, 15) is 4.79 Å². The van der Waals surface area contributed by atoms with Gasteiger partial charge in [-0.25, -0.2) is 4.79 Å². The zero-order valence-electron chi connectivity index (χ0n) is 11.6. The Bertz CT molecular complexity index is 580. The number of hydrogen-bond donors (Lipinski definition) is 0. The van der Waals surface area contributed by atoms with Crippen LogP contribution in [-0.2, 0) is 4.74 Å². The highest BCUT2D eigenvalue weighted by Gasteiger charge is 2.08. The lowest BCUT2D eigenvalue weighted by Gasteiger charge is -2.07. The number of carbonyl (C=O) groups is 1. The Kier molecular flexibility index (Phi) is 4.00. The van der Waals surface area contributed by atoms with E-state index in [0.29, 0.717) is 12.2 Å². The van der Waals surface area contributed by atoms with Gasteiger partial charge in [-0.2, -0.15) is 0 Å². The van der Waals surface area contributed by atoms with Gasteiger partial charge in [0.15, 0.2) is 0 Å². The fraction of sp³-hybridized carbons (Fsp3) is 0.235. The highest BCUT2D eigenvalue weighted by atomic mass is 16.5. The van der Waals surface area contributed by atoms with Crippen molar-refractivity contribution in [1.29, 1.82) is 0 Å². The number of benzene rings is 2. The van der Waals surface area contributed by atoms with Crippen molar-refractivity contribution in [2.24, 2.45) is 0 Å². The van der Waals surface area contributed by atoms with Crippen molar-refractivity contribution in [3.63, 3.8) is 0 Å². The van der Waals surface area contributed by atoms with E-state index < -0.39 is 0 Å². The smallest absolute Gasteiger partial charge is 0.338 e. The van der Waals surface area contributed by atoms with Crippen LogP contribution in [0.4, 0.5) is 0 Å². The van der Waals surface area contributed by atoms with Crippen LogP contribution in [-0.4, -0.2) is 12.6 Å². The topological polar surface area (TPSA) is 26.3 Å². The van der Waals surface area contributed by atoms with Gasteiger partial charge < -0.3 is 4.74 Å². The first-order valence-corrected chi connectivity index (χ1v) is 6.46. The second-order valence-corrected chi connectivity index (χ2v) is 4.68. The third kappa shape index (κ3) is 3.22. The molecule has 0 aliphatic rings. The lowest BCUT2D eigenvalue weighted by Crippen LogP contribution is -2.04. The second kappa shape index (κ2) is 5.70. The summed E-state index contributed by atoms with van der Waals surface area (Å²) in [5.41, 5.74) is 5.20. The molecule has 0 radical (unpaired) electrons. The molecule has 2 nitrogen and oxygen atoms in total. The first-order chi connectivity index (χ1) is 9.10. The second-order valence-electron chi connectivity index (χ2n) is 4.68. The predicted octanol–water partition coefficient (Wildman–Crippen LogP) is 4.15. The van der Waals surface area contributed by atoms with Crippen LogP contribution in [0.25, 0.3) is 11.1 Å². The van der Waals surface area contributed by atoms with Crippen LogP contribution >= 0.6 is 0 Å². The van der Waals surface area contributed by atoms with Gasteiger partial charge in [0.05, 0.1) is 12.2 Å². The molecule has 0 heterocycles. The number of esters is 1. The summed E-state index contributed by atoms with van der Waals surface area (Å²) >= 11 is 0. The number of ether oxygens (including phenoxy) is 1. The third-order valence-corrected chi connectivity index (χ3v) is 2.93. The van der Waals surface area contributed by atoms with E-state index >= 15 is 0 Å². The summed E-state index contributed by atoms with van der Waals surface area (Å²) in [7, 11) is 0. The van der Waals surface area contributed by atoms with Gasteiger partial charge in [-0.05, 0) is 44.0 Å². The summed E-state index contributed by atoms with van der Waals surface area (Å²) in [5, 5.41) is 0. The minimum absolute atomic E-state index is 0.270. The molecule has 0 saturated carbocycles. The molecule has 0 aromatic heterocycles. The van der Waals surface area contributed by atoms with Crippen molar-refractivity contribution < 1.29 is 9.53 Å². The standard InChI is InChI=1S/C17H18O2/c1-4-19-17(18)15-7-5-6-14(11-15)16-9-12(2)8-13(3)10-16/h5-11H,4H2,1-3H3. The lowest BCUT2D eigenvalue weighted by molar-refractivity contribution is 0.0526. The van der Waals surface area contributed by atoms with Crippen LogP contribution in [0.15, 0.2) is 42.5 Å². The van der Waals surface area contributed by atoms with Crippen LogP contribution in [0.2, 0.25) is 0 Å². The first-order valence-electron chi connectivity index (χ1n) is 6.46. The van der Waals surface area contributed by atoms with E-state index in [2.05, 4.69) is 32.0 Å². The molecule has 0 aliphatic carbocycles. The Balaban J connectivity index is 2.40. The zero-order valence-corrected chi connectivity index (χ0v) is 11.6. The van der Waals surface area contributed by atoms with E-state index in [1.807, 2.05) is 25.1 Å². The van der Waals surface area contributed by atoms with E-state index in [4.69, 9.17) is 4.74 Å². The normalized spacial score (nSPS) is 10.3. The van der Waals surface area contributed by atoms with Gasteiger partial charge in [-0.15, -0.1) is 0 Å². The van der Waals surface area contributed by atoms with Crippen molar-refractivity contribution in [1.82, 2.24) is 0 Å². The van der Waals surface area contributed by atoms with Crippen LogP contribution in [0, 0.1) is 13.8 Å². The summed E-state index contributed by atoms with van der Waals surface area (Å²) in [6, 6.07) is 13.9. The molecule has 2 aromatic carbocycles. The third-order valence-electron chi connectivity index (χ3n) is 2.93. The molecule has 2 aromatic rings. The van der Waals surface area contributed by atoms with Gasteiger partial charge in [0.25, 0.3) is 0 Å². The average Bonchev–Trinajstić information content (AvgIpc) is 2.38. The molecule has 2 heteroatoms. The molecule has 0 fully saturated rings. The minimum Gasteiger partial charge on any atom is -0.462 e. The van der Waals surface area contributed by atoms with Gasteiger partial charge in [-0.3, -0.25) is 0 Å². The molecular formula is C17H18O2. The van der Waals surface area contributed by atoms with Crippen molar-refractivity contribution in [3.8, 4) is 11.1 Å². The molecule has 0 amide bonds. The van der Waals surface area contributed by atoms with Crippen molar-refractivity contribution >= 4 is 5.97 Å². The van der Waals surface area contributed by atoms with Crippen LogP contribution in [0.3, 0.4) is 0 Å². The molecule has 98 valence electrons. The number of rotatable bonds is 3. The number of aryl methyl sites for hydroxylation is 2. The van der Waals surface area contributed by atoms with E-state index in [0.717, 1.165) is 11.1 Å². The largest absolute Gasteiger partial charge is 0.462 e. The van der Waals surface area contributed by atoms with Gasteiger partial charge in [0.2, 0.25) is 0 Å². The number of hydrogen-bond acceptors (Lipinski definition) is 2. The molecule has 0 aliphatic heterocycles. The highest BCUT2D eigenvalue weighted by Crippen LogP contribution is 2.23. The maximum Gasteiger partial charge on any atom is 0.338 e. The van der Waals surface area contributed by atoms with E-state index in [-0.39, 0.29) is 5.97 Å². The summed E-state index contributed by atoms with van der Waals surface area (Å²) in [5.74, 6) is -0.270. The number of carbonyl (C=O) groups excluding carboxylic acids is 1. The zero-order chi connectivity index (χ0) is 13.8. The van der Waals surface area contributed by atoms with Crippen LogP contribution in [0.1, 0.15) is 28.4 Å². The Morgan fingerprint density at radius 1 is 1.00 bits per heavy atom. The summed E-state index contributed by atoms with van der Waals surface area (Å²) < 4.78 is 5.03. The predicted molar refractivity (Wildman–Crippen MR) is 77.3 cm³/mol. The molecule has 19 heavy (non-hydrogen) atoms. The molecule has 0 N–H and O–H groups in total. The summed E-state index contributed by atoms with van der Waals surface area (Å²) in [4.78, 5) is 11.7. The van der Waals surface area contributed by atoms with Crippen molar-refractivity contribution in [2.75, 3.05) is 6.61 Å². The van der Waals surface area contributed by atoms with Crippen molar-refractivity contribution in [2.45, 2.75) is 20.8 Å². The quantitative estimate of drug-likeness (QED) is 0.769. The molecule has 0 bridgehead atoms. The van der Waals surface area contributed by atoms with Crippen LogP contribution < -0.4 is 0 Å². The van der Waals surface area contributed by atoms with E-state index in [1.54, 1.807) is 6.07 Å². The SMILES string of the molecule is CCOC(=O)c1cccc(-c2cc(C)cc(C)c2)c1. The lowest BCUT2D eigenvalue weighted by atomic mass is 9.99. The monoisotopic (exact) mass is 254 g/mol. The van der Waals surface area contributed by atoms with Gasteiger partial charge in [-0.1, -0.05) is 41.5 Å². The van der Waals surface area contributed by atoms with E-state index in [1.165, 1.54) is 11.1 Å². The fourth-order valence-corrected chi connectivity index (χ4v) is 2.18. The summed E-state index contributed by atoms with van der Waals surface area (Å²) in [6.07, 6.45) is 0. The van der Waals surface area contributed by atoms with Gasteiger partial charge in [0.1, 0.15) is 0 Å². The Morgan fingerprint density at radius 3 is 2.32 bits per heavy atom. The Labute approximate surface area is 114 Å². The first kappa shape index (κ1) is 13.3. The highest BCUT2D eigenvalue weighted by molar-refractivity contribution is 5.91. The fourth-order valence-electron chi connectivity index (χ4n) is 2.18. The summed E-state index contributed by atoms with van der Waals surface area (Å²) in [6.45, 7) is 6.36. The molecule has 0 unspecified atom stereocenters. The molecule has 0 atom stereocenters. The Hall–Kier alpha value is -2.09. The maximum absolute atomic E-state index is 11.7.